The van der Waals surface area contributed by atoms with Crippen LogP contribution < -0.4 is 4.74 Å². The van der Waals surface area contributed by atoms with Crippen LogP contribution in [0.5, 0.6) is 5.75 Å². The quantitative estimate of drug-likeness (QED) is 0.364. The van der Waals surface area contributed by atoms with Gasteiger partial charge in [0.2, 0.25) is 5.69 Å². The van der Waals surface area contributed by atoms with E-state index in [4.69, 9.17) is 27.9 Å². The molecule has 0 aliphatic rings. The average molecular weight is 314 g/mol. The predicted molar refractivity (Wildman–Crippen MR) is 77.9 cm³/mol. The molecule has 2 rings (SSSR count). The Hall–Kier alpha value is -1.78. The van der Waals surface area contributed by atoms with Crippen molar-refractivity contribution in [3.8, 4) is 5.75 Å². The summed E-state index contributed by atoms with van der Waals surface area (Å²) in [7, 11) is 1.52. The van der Waals surface area contributed by atoms with Crippen LogP contribution in [-0.4, -0.2) is 18.1 Å². The summed E-state index contributed by atoms with van der Waals surface area (Å²) in [5.41, 5.74) is 0.641. The summed E-state index contributed by atoms with van der Waals surface area (Å²) >= 11 is 11.9. The van der Waals surface area contributed by atoms with Gasteiger partial charge >= 0.3 is 0 Å². The van der Waals surface area contributed by atoms with Crippen molar-refractivity contribution in [1.82, 2.24) is 0 Å². The first-order valence-electron chi connectivity index (χ1n) is 5.61. The van der Waals surface area contributed by atoms with Gasteiger partial charge in [-0.05, 0) is 30.3 Å². The second-order valence-corrected chi connectivity index (χ2v) is 4.75. The second-order valence-electron chi connectivity index (χ2n) is 3.94. The van der Waals surface area contributed by atoms with E-state index >= 15 is 0 Å². The van der Waals surface area contributed by atoms with Crippen LogP contribution in [0.4, 0.5) is 10.1 Å². The maximum atomic E-state index is 12.9. The van der Waals surface area contributed by atoms with Gasteiger partial charge in [0.05, 0.1) is 17.7 Å². The van der Waals surface area contributed by atoms with E-state index in [0.29, 0.717) is 21.1 Å². The van der Waals surface area contributed by atoms with Crippen molar-refractivity contribution in [2.75, 3.05) is 7.11 Å². The van der Waals surface area contributed by atoms with Gasteiger partial charge in [0.25, 0.3) is 0 Å². The molecule has 104 valence electrons. The Morgan fingerprint density at radius 2 is 1.90 bits per heavy atom. The van der Waals surface area contributed by atoms with Gasteiger partial charge in [0, 0.05) is 6.07 Å². The molecule has 0 amide bonds. The van der Waals surface area contributed by atoms with Gasteiger partial charge in [0.1, 0.15) is 16.6 Å². The van der Waals surface area contributed by atoms with Crippen LogP contribution in [0, 0.1) is 11.0 Å². The zero-order chi connectivity index (χ0) is 14.7. The van der Waals surface area contributed by atoms with Gasteiger partial charge in [-0.2, -0.15) is 4.74 Å². The zero-order valence-corrected chi connectivity index (χ0v) is 12.0. The Labute approximate surface area is 125 Å². The Morgan fingerprint density at radius 1 is 1.15 bits per heavy atom. The summed E-state index contributed by atoms with van der Waals surface area (Å²) in [5.74, 6) is 0.0824. The van der Waals surface area contributed by atoms with Crippen molar-refractivity contribution in [1.29, 1.82) is 0 Å². The van der Waals surface area contributed by atoms with Crippen LogP contribution in [0.25, 0.3) is 0 Å². The third-order valence-electron chi connectivity index (χ3n) is 2.61. The van der Waals surface area contributed by atoms with Crippen LogP contribution in [-0.2, 0) is 0 Å². The monoisotopic (exact) mass is 313 g/mol. The van der Waals surface area contributed by atoms with E-state index < -0.39 is 5.82 Å². The Morgan fingerprint density at radius 3 is 2.50 bits per heavy atom. The highest BCUT2D eigenvalue weighted by Crippen LogP contribution is 2.26. The van der Waals surface area contributed by atoms with Crippen molar-refractivity contribution in [2.24, 2.45) is 0 Å². The van der Waals surface area contributed by atoms with Crippen molar-refractivity contribution in [3.05, 3.63) is 63.0 Å². The summed E-state index contributed by atoms with van der Waals surface area (Å²) < 4.78 is 18.5. The van der Waals surface area contributed by atoms with E-state index in [9.17, 15) is 9.60 Å². The van der Waals surface area contributed by atoms with Crippen molar-refractivity contribution in [2.45, 2.75) is 0 Å². The molecular weight excluding hydrogens is 304 g/mol. The standard InChI is InChI=1S/C14H10Cl2FNO2/c1-20-11-4-2-9(12(15)7-11)8-18(19)14-5-3-10(17)6-13(14)16/h2-8H,1H3. The van der Waals surface area contributed by atoms with E-state index in [1.165, 1.54) is 19.4 Å². The molecule has 0 aliphatic heterocycles. The number of methoxy groups -OCH3 is 1. The van der Waals surface area contributed by atoms with Gasteiger partial charge < -0.3 is 9.94 Å². The third-order valence-corrected chi connectivity index (χ3v) is 3.24. The number of hydrogen-bond acceptors (Lipinski definition) is 2. The topological polar surface area (TPSA) is 35.3 Å². The summed E-state index contributed by atoms with van der Waals surface area (Å²) in [6.45, 7) is 0. The zero-order valence-electron chi connectivity index (χ0n) is 10.4. The Balaban J connectivity index is 2.39. The molecule has 0 radical (unpaired) electrons. The fourth-order valence-corrected chi connectivity index (χ4v) is 2.07. The lowest BCUT2D eigenvalue weighted by atomic mass is 10.2. The molecule has 20 heavy (non-hydrogen) atoms. The minimum absolute atomic E-state index is 0.0286. The number of nitrogens with zero attached hydrogens (tertiary/aromatic N) is 1. The highest BCUT2D eigenvalue weighted by molar-refractivity contribution is 6.33. The SMILES string of the molecule is COc1ccc(C=[N+]([O-])c2ccc(F)cc2Cl)c(Cl)c1. The van der Waals surface area contributed by atoms with E-state index in [2.05, 4.69) is 0 Å². The van der Waals surface area contributed by atoms with Gasteiger partial charge in [-0.3, -0.25) is 0 Å². The molecule has 0 saturated carbocycles. The fraction of sp³-hybridized carbons (Fsp3) is 0.0714. The fourth-order valence-electron chi connectivity index (χ4n) is 1.60. The van der Waals surface area contributed by atoms with E-state index in [-0.39, 0.29) is 10.7 Å². The van der Waals surface area contributed by atoms with Crippen LogP contribution in [0.2, 0.25) is 10.0 Å². The molecule has 0 fully saturated rings. The molecule has 0 unspecified atom stereocenters. The average Bonchev–Trinajstić information content (AvgIpc) is 2.40. The van der Waals surface area contributed by atoms with Crippen molar-refractivity contribution < 1.29 is 13.9 Å². The van der Waals surface area contributed by atoms with Gasteiger partial charge in [-0.15, -0.1) is 0 Å². The molecule has 0 aromatic heterocycles. The van der Waals surface area contributed by atoms with Gasteiger partial charge in [0.15, 0.2) is 6.21 Å². The van der Waals surface area contributed by atoms with E-state index in [1.807, 2.05) is 0 Å². The lowest BCUT2D eigenvalue weighted by Gasteiger charge is -2.06. The summed E-state index contributed by atoms with van der Waals surface area (Å²) in [6, 6.07) is 8.45. The first kappa shape index (κ1) is 14.6. The number of ether oxygens (including phenoxy) is 1. The van der Waals surface area contributed by atoms with Gasteiger partial charge in [-0.1, -0.05) is 23.2 Å². The van der Waals surface area contributed by atoms with Crippen LogP contribution >= 0.6 is 23.2 Å². The summed E-state index contributed by atoms with van der Waals surface area (Å²) in [4.78, 5) is 0. The van der Waals surface area contributed by atoms with E-state index in [1.54, 1.807) is 18.2 Å². The van der Waals surface area contributed by atoms with Gasteiger partial charge in [-0.25, -0.2) is 4.39 Å². The van der Waals surface area contributed by atoms with Crippen molar-refractivity contribution in [3.63, 3.8) is 0 Å². The Bertz CT molecular complexity index is 674. The number of halogens is 3. The predicted octanol–water partition coefficient (Wildman–Crippen LogP) is 4.40. The Kier molecular flexibility index (Phi) is 4.47. The minimum atomic E-state index is -0.505. The lowest BCUT2D eigenvalue weighted by Crippen LogP contribution is -2.00. The number of rotatable bonds is 3. The first-order valence-corrected chi connectivity index (χ1v) is 6.36. The number of benzene rings is 2. The highest BCUT2D eigenvalue weighted by Gasteiger charge is 2.11. The molecular formula is C14H10Cl2FNO2. The second kappa shape index (κ2) is 6.11. The third kappa shape index (κ3) is 3.21. The first-order chi connectivity index (χ1) is 9.51. The molecule has 6 heteroatoms. The van der Waals surface area contributed by atoms with Crippen LogP contribution in [0.3, 0.4) is 0 Å². The van der Waals surface area contributed by atoms with Crippen molar-refractivity contribution >= 4 is 35.1 Å². The summed E-state index contributed by atoms with van der Waals surface area (Å²) in [5, 5.41) is 12.4. The van der Waals surface area contributed by atoms with Crippen LogP contribution in [0.1, 0.15) is 5.56 Å². The molecule has 3 nitrogen and oxygen atoms in total. The smallest absolute Gasteiger partial charge is 0.235 e. The molecule has 0 spiro atoms. The molecule has 0 bridgehead atoms. The molecule has 2 aromatic carbocycles. The molecule has 0 heterocycles. The molecule has 0 saturated heterocycles. The highest BCUT2D eigenvalue weighted by atomic mass is 35.5. The summed E-state index contributed by atoms with van der Waals surface area (Å²) in [6.07, 6.45) is 1.26. The molecule has 0 N–H and O–H groups in total. The maximum Gasteiger partial charge on any atom is 0.235 e. The van der Waals surface area contributed by atoms with E-state index in [0.717, 1.165) is 12.1 Å². The molecule has 0 atom stereocenters. The largest absolute Gasteiger partial charge is 0.618 e. The minimum Gasteiger partial charge on any atom is -0.618 e. The van der Waals surface area contributed by atoms with Crippen LogP contribution in [0.15, 0.2) is 36.4 Å². The normalized spacial score (nSPS) is 11.5. The lowest BCUT2D eigenvalue weighted by molar-refractivity contribution is -0.354. The maximum absolute atomic E-state index is 12.9. The molecule has 2 aromatic rings. The molecule has 0 aliphatic carbocycles. The number of hydrogen-bond donors (Lipinski definition) is 0.